The van der Waals surface area contributed by atoms with Gasteiger partial charge in [0.25, 0.3) is 0 Å². The number of piperidine rings is 1. The van der Waals surface area contributed by atoms with Gasteiger partial charge in [0.1, 0.15) is 5.84 Å². The van der Waals surface area contributed by atoms with Crippen molar-refractivity contribution in [3.8, 4) is 0 Å². The number of benzene rings is 2. The number of aryl methyl sites for hydroxylation is 1. The average Bonchev–Trinajstić information content (AvgIpc) is 3.43. The Morgan fingerprint density at radius 2 is 1.92 bits per heavy atom. The van der Waals surface area contributed by atoms with Gasteiger partial charge in [-0.15, -0.1) is 11.8 Å². The first-order valence-electron chi connectivity index (χ1n) is 13.2. The molecule has 2 atom stereocenters. The van der Waals surface area contributed by atoms with Crippen molar-refractivity contribution in [2.24, 2.45) is 5.92 Å². The lowest BCUT2D eigenvalue weighted by molar-refractivity contribution is 0.299. The second kappa shape index (κ2) is 9.83. The summed E-state index contributed by atoms with van der Waals surface area (Å²) in [7, 11) is 2.03. The quantitative estimate of drug-likeness (QED) is 0.167. The molecule has 3 aromatic rings. The van der Waals surface area contributed by atoms with Crippen LogP contribution in [0.25, 0.3) is 10.9 Å². The van der Waals surface area contributed by atoms with Gasteiger partial charge in [-0.2, -0.15) is 0 Å². The molecule has 2 heterocycles. The summed E-state index contributed by atoms with van der Waals surface area (Å²) in [6.07, 6.45) is 2.57. The van der Waals surface area contributed by atoms with Gasteiger partial charge < -0.3 is 9.80 Å². The van der Waals surface area contributed by atoms with Crippen LogP contribution in [-0.4, -0.2) is 58.9 Å². The summed E-state index contributed by atoms with van der Waals surface area (Å²) in [6.45, 7) is 12.5. The van der Waals surface area contributed by atoms with Crippen LogP contribution in [0, 0.1) is 18.3 Å². The molecule has 0 amide bonds. The first-order chi connectivity index (χ1) is 17.2. The van der Waals surface area contributed by atoms with Crippen LogP contribution in [0.4, 0.5) is 0 Å². The first-order valence-corrected chi connectivity index (χ1v) is 14.4. The number of rotatable bonds is 8. The van der Waals surface area contributed by atoms with Crippen molar-refractivity contribution in [2.45, 2.75) is 51.4 Å². The fourth-order valence-corrected chi connectivity index (χ4v) is 6.70. The zero-order chi connectivity index (χ0) is 25.5. The van der Waals surface area contributed by atoms with Gasteiger partial charge in [-0.3, -0.25) is 10.4 Å². The zero-order valence-corrected chi connectivity index (χ0v) is 23.3. The fraction of sp³-hybridized carbons (Fsp3) is 0.484. The van der Waals surface area contributed by atoms with E-state index in [4.69, 9.17) is 5.41 Å². The standard InChI is InChI=1S/C31H40N4S/c1-22-10-15-26-27(8-6-9-28(26)33-22)29(32)34(5)21-36-17-7-16-35-19-25-18-31(25,20-35)24-13-11-23(12-14-24)30(2,3)4/h6,8-15,25,32H,7,16-21H2,1-5H3/t25-,31+/m1/s1. The molecule has 1 aromatic heterocycles. The average molecular weight is 501 g/mol. The predicted molar refractivity (Wildman–Crippen MR) is 154 cm³/mol. The number of nitrogens with one attached hydrogen (secondary N) is 1. The predicted octanol–water partition coefficient (Wildman–Crippen LogP) is 6.45. The van der Waals surface area contributed by atoms with Crippen LogP contribution in [0.2, 0.25) is 0 Å². The minimum atomic E-state index is 0.219. The smallest absolute Gasteiger partial charge is 0.129 e. The SMILES string of the molecule is Cc1ccc2c(C(=N)N(C)CSCCCN3C[C@H]4C[C@@]4(c4ccc(C(C)(C)C)cc4)C3)cccc2n1. The molecule has 1 aliphatic carbocycles. The largest absolute Gasteiger partial charge is 0.350 e. The van der Waals surface area contributed by atoms with E-state index in [0.717, 1.165) is 39.7 Å². The number of likely N-dealkylation sites (tertiary alicyclic amines) is 1. The lowest BCUT2D eigenvalue weighted by atomic mass is 9.85. The number of pyridine rings is 1. The Kier molecular flexibility index (Phi) is 6.90. The van der Waals surface area contributed by atoms with Gasteiger partial charge in [0.2, 0.25) is 0 Å². The molecule has 0 unspecified atom stereocenters. The molecular weight excluding hydrogens is 460 g/mol. The Morgan fingerprint density at radius 1 is 1.14 bits per heavy atom. The summed E-state index contributed by atoms with van der Waals surface area (Å²) in [5.74, 6) is 3.37. The monoisotopic (exact) mass is 500 g/mol. The minimum Gasteiger partial charge on any atom is -0.350 e. The van der Waals surface area contributed by atoms with E-state index >= 15 is 0 Å². The number of hydrogen-bond donors (Lipinski definition) is 1. The van der Waals surface area contributed by atoms with Crippen molar-refractivity contribution in [3.05, 3.63) is 77.0 Å². The Morgan fingerprint density at radius 3 is 2.67 bits per heavy atom. The molecule has 5 heteroatoms. The normalized spacial score (nSPS) is 21.5. The second-order valence-corrected chi connectivity index (χ2v) is 13.0. The van der Waals surface area contributed by atoms with Crippen molar-refractivity contribution in [3.63, 3.8) is 0 Å². The maximum Gasteiger partial charge on any atom is 0.129 e. The third-order valence-corrected chi connectivity index (χ3v) is 9.25. The molecule has 4 nitrogen and oxygen atoms in total. The molecular formula is C31H40N4S. The highest BCUT2D eigenvalue weighted by molar-refractivity contribution is 7.99. The second-order valence-electron chi connectivity index (χ2n) is 11.9. The summed E-state index contributed by atoms with van der Waals surface area (Å²) in [6, 6.07) is 19.7. The molecule has 1 saturated carbocycles. The third kappa shape index (κ3) is 5.05. The molecule has 36 heavy (non-hydrogen) atoms. The first kappa shape index (κ1) is 25.3. The van der Waals surface area contributed by atoms with Gasteiger partial charge in [-0.05, 0) is 66.7 Å². The summed E-state index contributed by atoms with van der Waals surface area (Å²) in [4.78, 5) is 9.36. The van der Waals surface area contributed by atoms with E-state index in [0.29, 0.717) is 11.3 Å². The highest BCUT2D eigenvalue weighted by Gasteiger charge is 2.60. The summed E-state index contributed by atoms with van der Waals surface area (Å²) in [5.41, 5.74) is 6.55. The van der Waals surface area contributed by atoms with E-state index in [1.807, 2.05) is 50.0 Å². The zero-order valence-electron chi connectivity index (χ0n) is 22.5. The molecule has 2 fully saturated rings. The van der Waals surface area contributed by atoms with Crippen LogP contribution in [0.3, 0.4) is 0 Å². The Balaban J connectivity index is 1.07. The summed E-state index contributed by atoms with van der Waals surface area (Å²) in [5, 5.41) is 9.80. The van der Waals surface area contributed by atoms with E-state index in [2.05, 4.69) is 65.9 Å². The fourth-order valence-electron chi connectivity index (χ4n) is 5.83. The number of thioether (sulfide) groups is 1. The van der Waals surface area contributed by atoms with Crippen molar-refractivity contribution >= 4 is 28.5 Å². The van der Waals surface area contributed by atoms with Gasteiger partial charge >= 0.3 is 0 Å². The molecule has 1 N–H and O–H groups in total. The molecule has 2 aromatic carbocycles. The molecule has 2 aliphatic rings. The summed E-state index contributed by atoms with van der Waals surface area (Å²) < 4.78 is 0. The van der Waals surface area contributed by atoms with Gasteiger partial charge in [0.05, 0.1) is 11.4 Å². The molecule has 0 bridgehead atoms. The molecule has 1 aliphatic heterocycles. The number of aromatic nitrogens is 1. The van der Waals surface area contributed by atoms with Crippen LogP contribution in [0.1, 0.15) is 56.0 Å². The minimum absolute atomic E-state index is 0.219. The Bertz CT molecular complexity index is 1250. The topological polar surface area (TPSA) is 43.2 Å². The van der Waals surface area contributed by atoms with Crippen LogP contribution < -0.4 is 0 Å². The Hall–Kier alpha value is -2.37. The van der Waals surface area contributed by atoms with E-state index in [9.17, 15) is 0 Å². The maximum absolute atomic E-state index is 8.74. The molecule has 5 rings (SSSR count). The number of hydrogen-bond acceptors (Lipinski definition) is 4. The Labute approximate surface area is 221 Å². The van der Waals surface area contributed by atoms with Gasteiger partial charge in [-0.1, -0.05) is 63.2 Å². The van der Waals surface area contributed by atoms with Gasteiger partial charge in [0.15, 0.2) is 0 Å². The molecule has 0 radical (unpaired) electrons. The molecule has 190 valence electrons. The number of nitrogens with zero attached hydrogens (tertiary/aromatic N) is 3. The van der Waals surface area contributed by atoms with E-state index in [-0.39, 0.29) is 5.41 Å². The van der Waals surface area contributed by atoms with Crippen molar-refractivity contribution in [1.82, 2.24) is 14.8 Å². The number of amidine groups is 1. The molecule has 1 saturated heterocycles. The lowest BCUT2D eigenvalue weighted by Crippen LogP contribution is -2.28. The molecule has 0 spiro atoms. The van der Waals surface area contributed by atoms with Crippen LogP contribution in [-0.2, 0) is 10.8 Å². The van der Waals surface area contributed by atoms with Crippen LogP contribution in [0.15, 0.2) is 54.6 Å². The highest BCUT2D eigenvalue weighted by Crippen LogP contribution is 2.59. The van der Waals surface area contributed by atoms with Gasteiger partial charge in [0, 0.05) is 42.2 Å². The third-order valence-electron chi connectivity index (χ3n) is 8.10. The number of fused-ring (bicyclic) bond motifs is 2. The van der Waals surface area contributed by atoms with Crippen molar-refractivity contribution in [1.29, 1.82) is 5.41 Å². The highest BCUT2D eigenvalue weighted by atomic mass is 32.2. The maximum atomic E-state index is 8.74. The van der Waals surface area contributed by atoms with E-state index < -0.39 is 0 Å². The van der Waals surface area contributed by atoms with Gasteiger partial charge in [-0.25, -0.2) is 0 Å². The summed E-state index contributed by atoms with van der Waals surface area (Å²) >= 11 is 1.93. The lowest BCUT2D eigenvalue weighted by Gasteiger charge is -2.23. The van der Waals surface area contributed by atoms with Crippen molar-refractivity contribution < 1.29 is 0 Å². The van der Waals surface area contributed by atoms with E-state index in [1.165, 1.54) is 38.0 Å². The van der Waals surface area contributed by atoms with E-state index in [1.54, 1.807) is 5.56 Å². The van der Waals surface area contributed by atoms with Crippen LogP contribution >= 0.6 is 11.8 Å². The van der Waals surface area contributed by atoms with Crippen molar-refractivity contribution in [2.75, 3.05) is 38.3 Å². The van der Waals surface area contributed by atoms with Crippen LogP contribution in [0.5, 0.6) is 0 Å².